The van der Waals surface area contributed by atoms with Crippen LogP contribution in [0.4, 0.5) is 0 Å². The lowest BCUT2D eigenvalue weighted by molar-refractivity contribution is 0.399. The summed E-state index contributed by atoms with van der Waals surface area (Å²) in [5, 5.41) is 5.07. The summed E-state index contributed by atoms with van der Waals surface area (Å²) in [4.78, 5) is 0. The van der Waals surface area contributed by atoms with Crippen LogP contribution in [0, 0.1) is 0 Å². The maximum Gasteiger partial charge on any atom is 0.0518 e. The van der Waals surface area contributed by atoms with Crippen LogP contribution in [0.2, 0.25) is 0 Å². The van der Waals surface area contributed by atoms with Crippen LogP contribution < -0.4 is 10.7 Å². The van der Waals surface area contributed by atoms with Crippen LogP contribution in [-0.4, -0.2) is 11.6 Å². The highest BCUT2D eigenvalue weighted by molar-refractivity contribution is 5.12. The molecule has 2 rings (SSSR count). The van der Waals surface area contributed by atoms with E-state index in [0.29, 0.717) is 0 Å². The van der Waals surface area contributed by atoms with Crippen molar-refractivity contribution in [2.75, 3.05) is 6.54 Å². The molecule has 48 valence electrons. The zero-order chi connectivity index (χ0) is 6.10. The summed E-state index contributed by atoms with van der Waals surface area (Å²) in [7, 11) is 0. The van der Waals surface area contributed by atoms with Crippen molar-refractivity contribution in [3.05, 3.63) is 24.3 Å². The Labute approximate surface area is 54.0 Å². The van der Waals surface area contributed by atoms with E-state index in [1.807, 2.05) is 23.6 Å². The van der Waals surface area contributed by atoms with E-state index in [9.17, 15) is 0 Å². The second-order valence-corrected chi connectivity index (χ2v) is 2.15. The molecule has 2 aliphatic rings. The molecule has 0 spiro atoms. The van der Waals surface area contributed by atoms with Crippen molar-refractivity contribution < 1.29 is 0 Å². The van der Waals surface area contributed by atoms with Gasteiger partial charge in [-0.1, -0.05) is 0 Å². The summed E-state index contributed by atoms with van der Waals surface area (Å²) in [5.74, 6) is 0. The SMILES string of the molecule is C1=CN2NCCC2=CN1. The van der Waals surface area contributed by atoms with Crippen LogP contribution >= 0.6 is 0 Å². The minimum absolute atomic E-state index is 1.05. The molecule has 0 aliphatic carbocycles. The second-order valence-electron chi connectivity index (χ2n) is 2.15. The number of nitrogens with one attached hydrogen (secondary N) is 2. The Morgan fingerprint density at radius 2 is 2.56 bits per heavy atom. The van der Waals surface area contributed by atoms with E-state index in [-0.39, 0.29) is 0 Å². The van der Waals surface area contributed by atoms with Gasteiger partial charge in [-0.3, -0.25) is 5.01 Å². The van der Waals surface area contributed by atoms with Crippen molar-refractivity contribution in [3.8, 4) is 0 Å². The zero-order valence-corrected chi connectivity index (χ0v) is 5.09. The van der Waals surface area contributed by atoms with E-state index in [1.54, 1.807) is 0 Å². The third-order valence-electron chi connectivity index (χ3n) is 1.54. The Morgan fingerprint density at radius 1 is 1.56 bits per heavy atom. The molecule has 0 radical (unpaired) electrons. The number of fused-ring (bicyclic) bond motifs is 1. The smallest absolute Gasteiger partial charge is 0.0518 e. The highest BCUT2D eigenvalue weighted by Crippen LogP contribution is 2.13. The molecule has 2 N–H and O–H groups in total. The topological polar surface area (TPSA) is 27.3 Å². The maximum absolute atomic E-state index is 3.20. The lowest BCUT2D eigenvalue weighted by Crippen LogP contribution is -2.26. The van der Waals surface area contributed by atoms with Gasteiger partial charge in [0.05, 0.1) is 5.70 Å². The number of rotatable bonds is 0. The average molecular weight is 123 g/mol. The fourth-order valence-electron chi connectivity index (χ4n) is 1.08. The molecule has 0 aromatic carbocycles. The lowest BCUT2D eigenvalue weighted by Gasteiger charge is -2.17. The van der Waals surface area contributed by atoms with E-state index in [1.165, 1.54) is 5.70 Å². The number of hydrogen-bond acceptors (Lipinski definition) is 3. The van der Waals surface area contributed by atoms with Crippen LogP contribution in [0.25, 0.3) is 0 Å². The molecule has 1 fully saturated rings. The van der Waals surface area contributed by atoms with Gasteiger partial charge in [0.2, 0.25) is 0 Å². The van der Waals surface area contributed by atoms with Crippen LogP contribution in [0.3, 0.4) is 0 Å². The molecule has 0 aromatic heterocycles. The first-order valence-corrected chi connectivity index (χ1v) is 3.11. The Hall–Kier alpha value is -0.960. The van der Waals surface area contributed by atoms with Crippen LogP contribution in [0.5, 0.6) is 0 Å². The molecule has 3 heteroatoms. The van der Waals surface area contributed by atoms with Gasteiger partial charge in [0.15, 0.2) is 0 Å². The zero-order valence-electron chi connectivity index (χ0n) is 5.09. The maximum atomic E-state index is 3.20. The fraction of sp³-hybridized carbons (Fsp3) is 0.333. The van der Waals surface area contributed by atoms with E-state index in [4.69, 9.17) is 0 Å². The summed E-state index contributed by atoms with van der Waals surface area (Å²) in [6.07, 6.45) is 7.03. The quantitative estimate of drug-likeness (QED) is 0.479. The van der Waals surface area contributed by atoms with Crippen molar-refractivity contribution >= 4 is 0 Å². The molecule has 1 saturated heterocycles. The van der Waals surface area contributed by atoms with Gasteiger partial charge < -0.3 is 5.32 Å². The summed E-state index contributed by atoms with van der Waals surface area (Å²) < 4.78 is 0. The highest BCUT2D eigenvalue weighted by atomic mass is 15.5. The average Bonchev–Trinajstić information content (AvgIpc) is 2.33. The molecule has 0 aromatic rings. The Balaban J connectivity index is 2.22. The molecule has 2 aliphatic heterocycles. The molecule has 0 atom stereocenters. The minimum atomic E-state index is 1.05. The highest BCUT2D eigenvalue weighted by Gasteiger charge is 2.14. The molecule has 2 heterocycles. The second kappa shape index (κ2) is 1.77. The first-order valence-electron chi connectivity index (χ1n) is 3.11. The molecular weight excluding hydrogens is 114 g/mol. The molecular formula is C6H9N3. The van der Waals surface area contributed by atoms with Crippen molar-refractivity contribution in [2.24, 2.45) is 0 Å². The summed E-state index contributed by atoms with van der Waals surface area (Å²) >= 11 is 0. The predicted molar refractivity (Wildman–Crippen MR) is 34.8 cm³/mol. The third-order valence-corrected chi connectivity index (χ3v) is 1.54. The van der Waals surface area contributed by atoms with Gasteiger partial charge in [-0.15, -0.1) is 0 Å². The fourth-order valence-corrected chi connectivity index (χ4v) is 1.08. The molecule has 0 bridgehead atoms. The first-order chi connectivity index (χ1) is 4.47. The lowest BCUT2D eigenvalue weighted by atomic mass is 10.3. The van der Waals surface area contributed by atoms with Crippen LogP contribution in [0.1, 0.15) is 6.42 Å². The molecule has 9 heavy (non-hydrogen) atoms. The monoisotopic (exact) mass is 123 g/mol. The van der Waals surface area contributed by atoms with Gasteiger partial charge in [-0.25, -0.2) is 5.43 Å². The predicted octanol–water partition coefficient (Wildman–Crippen LogP) is 0.113. The number of nitrogens with zero attached hydrogens (tertiary/aromatic N) is 1. The standard InChI is InChI=1S/C6H9N3/c1-2-8-9-4-3-7-5-6(1)9/h3-5,7-8H,1-2H2. The largest absolute Gasteiger partial charge is 0.365 e. The third kappa shape index (κ3) is 0.695. The van der Waals surface area contributed by atoms with Crippen molar-refractivity contribution in [1.29, 1.82) is 0 Å². The van der Waals surface area contributed by atoms with E-state index in [2.05, 4.69) is 10.7 Å². The van der Waals surface area contributed by atoms with Crippen LogP contribution in [-0.2, 0) is 0 Å². The molecule has 0 amide bonds. The van der Waals surface area contributed by atoms with Crippen LogP contribution in [0.15, 0.2) is 24.3 Å². The van der Waals surface area contributed by atoms with Gasteiger partial charge in [-0.05, 0) is 0 Å². The Kier molecular flexibility index (Phi) is 0.960. The van der Waals surface area contributed by atoms with Crippen molar-refractivity contribution in [2.45, 2.75) is 6.42 Å². The molecule has 3 nitrogen and oxygen atoms in total. The Bertz CT molecular complexity index is 171. The summed E-state index contributed by atoms with van der Waals surface area (Å²) in [5.41, 5.74) is 4.51. The van der Waals surface area contributed by atoms with Crippen molar-refractivity contribution in [1.82, 2.24) is 15.8 Å². The first kappa shape index (κ1) is 4.88. The summed E-state index contributed by atoms with van der Waals surface area (Å²) in [6.45, 7) is 1.05. The van der Waals surface area contributed by atoms with Gasteiger partial charge in [0.25, 0.3) is 0 Å². The van der Waals surface area contributed by atoms with Gasteiger partial charge in [0, 0.05) is 31.6 Å². The van der Waals surface area contributed by atoms with Gasteiger partial charge in [-0.2, -0.15) is 0 Å². The van der Waals surface area contributed by atoms with Gasteiger partial charge >= 0.3 is 0 Å². The van der Waals surface area contributed by atoms with Crippen molar-refractivity contribution in [3.63, 3.8) is 0 Å². The number of hydrogen-bond donors (Lipinski definition) is 2. The Morgan fingerprint density at radius 3 is 3.44 bits per heavy atom. The van der Waals surface area contributed by atoms with E-state index < -0.39 is 0 Å². The summed E-state index contributed by atoms with van der Waals surface area (Å²) in [6, 6.07) is 0. The molecule has 0 unspecified atom stereocenters. The minimum Gasteiger partial charge on any atom is -0.365 e. The molecule has 0 saturated carbocycles. The number of hydrazine groups is 1. The normalized spacial score (nSPS) is 23.1. The van der Waals surface area contributed by atoms with E-state index in [0.717, 1.165) is 13.0 Å². The van der Waals surface area contributed by atoms with Gasteiger partial charge in [0.1, 0.15) is 0 Å². The van der Waals surface area contributed by atoms with E-state index >= 15 is 0 Å².